The molecule has 1 heterocycles. The number of amides is 1. The van der Waals surface area contributed by atoms with E-state index in [4.69, 9.17) is 0 Å². The van der Waals surface area contributed by atoms with Crippen LogP contribution in [0.4, 0.5) is 13.2 Å². The summed E-state index contributed by atoms with van der Waals surface area (Å²) < 4.78 is 35.8. The average Bonchev–Trinajstić information content (AvgIpc) is 2.48. The van der Waals surface area contributed by atoms with Gasteiger partial charge < -0.3 is 0 Å². The van der Waals surface area contributed by atoms with Crippen molar-refractivity contribution in [2.75, 3.05) is 6.61 Å². The maximum absolute atomic E-state index is 11.7. The fraction of sp³-hybridized carbons (Fsp3) is 0.375. The van der Waals surface area contributed by atoms with Crippen molar-refractivity contribution >= 4 is 33.2 Å². The van der Waals surface area contributed by atoms with Crippen molar-refractivity contribution in [3.8, 4) is 0 Å². The number of halogens is 4. The molecule has 0 atom stereocenters. The Hall–Kier alpha value is -0.600. The molecule has 16 heavy (non-hydrogen) atoms. The second-order valence-electron chi connectivity index (χ2n) is 2.84. The Kier molecular flexibility index (Phi) is 4.75. The zero-order valence-corrected chi connectivity index (χ0v) is 10.2. The molecule has 3 nitrogen and oxygen atoms in total. The maximum atomic E-state index is 11.7. The molecule has 8 heteroatoms. The highest BCUT2D eigenvalue weighted by Crippen LogP contribution is 2.20. The number of thiophene rings is 1. The summed E-state index contributed by atoms with van der Waals surface area (Å²) >= 11 is 4.53. The molecule has 0 bridgehead atoms. The summed E-state index contributed by atoms with van der Waals surface area (Å²) in [5.74, 6) is -0.612. The lowest BCUT2D eigenvalue weighted by atomic mass is 10.3. The van der Waals surface area contributed by atoms with Crippen LogP contribution in [0.25, 0.3) is 0 Å². The van der Waals surface area contributed by atoms with Gasteiger partial charge in [0.1, 0.15) is 0 Å². The van der Waals surface area contributed by atoms with E-state index in [0.29, 0.717) is 0 Å². The van der Waals surface area contributed by atoms with Crippen LogP contribution >= 0.6 is 27.3 Å². The molecule has 0 fully saturated rings. The molecule has 1 N–H and O–H groups in total. The molecule has 1 aromatic rings. The van der Waals surface area contributed by atoms with Gasteiger partial charge in [-0.15, -0.1) is 11.3 Å². The summed E-state index contributed by atoms with van der Waals surface area (Å²) in [5.41, 5.74) is 1.73. The number of hydrogen-bond acceptors (Lipinski definition) is 3. The molecule has 90 valence electrons. The van der Waals surface area contributed by atoms with Gasteiger partial charge in [0.2, 0.25) is 5.91 Å². The van der Waals surface area contributed by atoms with Gasteiger partial charge in [0, 0.05) is 14.7 Å². The molecule has 0 unspecified atom stereocenters. The molecule has 0 aromatic carbocycles. The molecule has 0 aliphatic heterocycles. The van der Waals surface area contributed by atoms with Crippen LogP contribution in [0.3, 0.4) is 0 Å². The molecule has 0 saturated carbocycles. The summed E-state index contributed by atoms with van der Waals surface area (Å²) in [5, 5.41) is 1.78. The van der Waals surface area contributed by atoms with Crippen LogP contribution in [0.1, 0.15) is 4.88 Å². The maximum Gasteiger partial charge on any atom is 0.414 e. The third-order valence-electron chi connectivity index (χ3n) is 1.38. The molecule has 0 aliphatic rings. The molecule has 0 spiro atoms. The molecule has 0 radical (unpaired) electrons. The van der Waals surface area contributed by atoms with E-state index in [-0.39, 0.29) is 6.42 Å². The van der Waals surface area contributed by atoms with Crippen LogP contribution in [0.2, 0.25) is 0 Å². The van der Waals surface area contributed by atoms with Crippen LogP contribution in [0, 0.1) is 0 Å². The van der Waals surface area contributed by atoms with Crippen LogP contribution in [0.5, 0.6) is 0 Å². The Morgan fingerprint density at radius 1 is 1.56 bits per heavy atom. The topological polar surface area (TPSA) is 38.3 Å². The standard InChI is InChI=1S/C8H7BrF3NO2S/c9-5-1-6(16-3-5)2-7(14)13-15-4-8(10,11)12/h1,3H,2,4H2,(H,13,14). The minimum absolute atomic E-state index is 0.00583. The Morgan fingerprint density at radius 2 is 2.25 bits per heavy atom. The van der Waals surface area contributed by atoms with Crippen molar-refractivity contribution in [3.63, 3.8) is 0 Å². The molecular weight excluding hydrogens is 311 g/mol. The first-order valence-electron chi connectivity index (χ1n) is 4.07. The van der Waals surface area contributed by atoms with E-state index in [1.54, 1.807) is 16.9 Å². The van der Waals surface area contributed by atoms with Crippen LogP contribution in [-0.4, -0.2) is 18.7 Å². The summed E-state index contributed by atoms with van der Waals surface area (Å²) in [6.07, 6.45) is -4.45. The monoisotopic (exact) mass is 317 g/mol. The van der Waals surface area contributed by atoms with Crippen LogP contribution < -0.4 is 5.48 Å². The van der Waals surface area contributed by atoms with Crippen LogP contribution in [0.15, 0.2) is 15.9 Å². The van der Waals surface area contributed by atoms with Gasteiger partial charge in [-0.1, -0.05) is 0 Å². The van der Waals surface area contributed by atoms with E-state index in [0.717, 1.165) is 9.35 Å². The normalized spacial score (nSPS) is 11.5. The molecule has 0 aliphatic carbocycles. The van der Waals surface area contributed by atoms with Crippen molar-refractivity contribution in [2.24, 2.45) is 0 Å². The zero-order valence-electron chi connectivity index (χ0n) is 7.81. The second kappa shape index (κ2) is 5.65. The molecule has 1 amide bonds. The van der Waals surface area contributed by atoms with Crippen molar-refractivity contribution < 1.29 is 22.8 Å². The van der Waals surface area contributed by atoms with Gasteiger partial charge in [-0.25, -0.2) is 5.48 Å². The van der Waals surface area contributed by atoms with Crippen molar-refractivity contribution in [3.05, 3.63) is 20.8 Å². The zero-order chi connectivity index (χ0) is 12.2. The van der Waals surface area contributed by atoms with E-state index in [2.05, 4.69) is 20.8 Å². The highest BCUT2D eigenvalue weighted by atomic mass is 79.9. The Bertz CT molecular complexity index is 366. The highest BCUT2D eigenvalue weighted by molar-refractivity contribution is 9.10. The predicted octanol–water partition coefficient (Wildman–Crippen LogP) is 2.66. The van der Waals surface area contributed by atoms with Gasteiger partial charge in [0.05, 0.1) is 6.42 Å². The number of alkyl halides is 3. The number of carbonyl (C=O) groups excluding carboxylic acids is 1. The first-order valence-corrected chi connectivity index (χ1v) is 5.74. The minimum Gasteiger partial charge on any atom is -0.272 e. The Labute approximate surface area is 102 Å². The van der Waals surface area contributed by atoms with E-state index in [1.165, 1.54) is 11.3 Å². The van der Waals surface area contributed by atoms with E-state index >= 15 is 0 Å². The van der Waals surface area contributed by atoms with E-state index < -0.39 is 18.7 Å². The smallest absolute Gasteiger partial charge is 0.272 e. The third-order valence-corrected chi connectivity index (χ3v) is 3.08. The number of rotatable bonds is 4. The fourth-order valence-electron chi connectivity index (χ4n) is 0.839. The minimum atomic E-state index is -4.45. The number of hydrogen-bond donors (Lipinski definition) is 1. The molecular formula is C8H7BrF3NO2S. The van der Waals surface area contributed by atoms with Gasteiger partial charge >= 0.3 is 6.18 Å². The van der Waals surface area contributed by atoms with E-state index in [9.17, 15) is 18.0 Å². The molecule has 1 rings (SSSR count). The SMILES string of the molecule is O=C(Cc1cc(Br)cs1)NOCC(F)(F)F. The summed E-state index contributed by atoms with van der Waals surface area (Å²) in [6, 6.07) is 1.72. The Balaban J connectivity index is 2.26. The summed E-state index contributed by atoms with van der Waals surface area (Å²) in [6.45, 7) is -1.49. The average molecular weight is 318 g/mol. The van der Waals surface area contributed by atoms with Crippen molar-refractivity contribution in [1.29, 1.82) is 0 Å². The predicted molar refractivity (Wildman–Crippen MR) is 55.9 cm³/mol. The Morgan fingerprint density at radius 3 is 2.75 bits per heavy atom. The summed E-state index contributed by atoms with van der Waals surface area (Å²) in [4.78, 5) is 15.8. The van der Waals surface area contributed by atoms with Gasteiger partial charge in [0.25, 0.3) is 0 Å². The van der Waals surface area contributed by atoms with Crippen LogP contribution in [-0.2, 0) is 16.1 Å². The highest BCUT2D eigenvalue weighted by Gasteiger charge is 2.28. The largest absolute Gasteiger partial charge is 0.414 e. The second-order valence-corrected chi connectivity index (χ2v) is 4.75. The molecule has 0 saturated heterocycles. The lowest BCUT2D eigenvalue weighted by molar-refractivity contribution is -0.191. The van der Waals surface area contributed by atoms with Crippen molar-refractivity contribution in [1.82, 2.24) is 5.48 Å². The van der Waals surface area contributed by atoms with Gasteiger partial charge in [-0.05, 0) is 22.0 Å². The number of nitrogens with one attached hydrogen (secondary N) is 1. The first kappa shape index (κ1) is 13.5. The quantitative estimate of drug-likeness (QED) is 0.867. The third kappa shape index (κ3) is 5.47. The van der Waals surface area contributed by atoms with Gasteiger partial charge in [-0.3, -0.25) is 9.63 Å². The lowest BCUT2D eigenvalue weighted by Gasteiger charge is -2.07. The van der Waals surface area contributed by atoms with E-state index in [1.807, 2.05) is 0 Å². The first-order chi connectivity index (χ1) is 7.37. The summed E-state index contributed by atoms with van der Waals surface area (Å²) in [7, 11) is 0. The number of carbonyl (C=O) groups is 1. The fourth-order valence-corrected chi connectivity index (χ4v) is 2.29. The van der Waals surface area contributed by atoms with Crippen molar-refractivity contribution in [2.45, 2.75) is 12.6 Å². The number of hydroxylamine groups is 1. The van der Waals surface area contributed by atoms with Gasteiger partial charge in [-0.2, -0.15) is 13.2 Å². The van der Waals surface area contributed by atoms with Gasteiger partial charge in [0.15, 0.2) is 6.61 Å². The molecule has 1 aromatic heterocycles. The lowest BCUT2D eigenvalue weighted by Crippen LogP contribution is -2.30.